The second-order valence-corrected chi connectivity index (χ2v) is 11.6. The molecule has 2 heterocycles. The van der Waals surface area contributed by atoms with E-state index in [1.54, 1.807) is 23.6 Å². The number of fused-ring (bicyclic) bond motifs is 1. The van der Waals surface area contributed by atoms with Crippen LogP contribution in [-0.2, 0) is 21.2 Å². The van der Waals surface area contributed by atoms with Gasteiger partial charge < -0.3 is 4.90 Å². The Hall–Kier alpha value is -2.86. The van der Waals surface area contributed by atoms with Crippen molar-refractivity contribution in [3.63, 3.8) is 0 Å². The molecule has 3 aromatic rings. The van der Waals surface area contributed by atoms with E-state index >= 15 is 0 Å². The summed E-state index contributed by atoms with van der Waals surface area (Å²) in [5.41, 5.74) is 3.39. The van der Waals surface area contributed by atoms with Crippen LogP contribution in [0, 0.1) is 11.3 Å². The van der Waals surface area contributed by atoms with Crippen LogP contribution in [0.2, 0.25) is 5.02 Å². The Morgan fingerprint density at radius 3 is 2.68 bits per heavy atom. The summed E-state index contributed by atoms with van der Waals surface area (Å²) in [4.78, 5) is 15.7. The van der Waals surface area contributed by atoms with E-state index in [0.29, 0.717) is 10.0 Å². The maximum Gasteiger partial charge on any atom is 0.262 e. The Morgan fingerprint density at radius 1 is 1.12 bits per heavy atom. The van der Waals surface area contributed by atoms with E-state index in [2.05, 4.69) is 9.62 Å². The number of Topliss-reactive ketones (excluding diaryl/α,β-unsaturated/α-hetero) is 1. The zero-order valence-corrected chi connectivity index (χ0v) is 20.6. The number of hydrogen-bond acceptors (Lipinski definition) is 6. The number of nitrogens with zero attached hydrogens (tertiary/aromatic N) is 2. The highest BCUT2D eigenvalue weighted by Crippen LogP contribution is 2.39. The SMILES string of the molecule is N#Cc1ccsc1NS(=O)(=O)c1ccc(C2CC[C@@H](N3CCCc4cc(Cl)ccc43)C2=O)cc1. The first kappa shape index (κ1) is 22.9. The lowest BCUT2D eigenvalue weighted by Gasteiger charge is -2.35. The van der Waals surface area contributed by atoms with Crippen molar-refractivity contribution in [2.75, 3.05) is 16.2 Å². The molecule has 34 heavy (non-hydrogen) atoms. The van der Waals surface area contributed by atoms with Crippen molar-refractivity contribution in [3.8, 4) is 6.07 Å². The molecule has 1 fully saturated rings. The number of thiophene rings is 1. The molecule has 0 amide bonds. The van der Waals surface area contributed by atoms with Crippen molar-refractivity contribution in [2.45, 2.75) is 42.5 Å². The van der Waals surface area contributed by atoms with Gasteiger partial charge in [0.1, 0.15) is 11.1 Å². The van der Waals surface area contributed by atoms with E-state index in [4.69, 9.17) is 16.9 Å². The van der Waals surface area contributed by atoms with Gasteiger partial charge in [0.2, 0.25) is 0 Å². The number of rotatable bonds is 5. The van der Waals surface area contributed by atoms with Crippen LogP contribution in [0.3, 0.4) is 0 Å². The molecule has 2 atom stereocenters. The maximum atomic E-state index is 13.4. The first-order chi connectivity index (χ1) is 16.4. The molecule has 1 aliphatic heterocycles. The van der Waals surface area contributed by atoms with Gasteiger partial charge in [0, 0.05) is 23.2 Å². The summed E-state index contributed by atoms with van der Waals surface area (Å²) in [5.74, 6) is -0.0799. The van der Waals surface area contributed by atoms with E-state index in [-0.39, 0.29) is 28.2 Å². The molecule has 1 unspecified atom stereocenters. The molecule has 6 nitrogen and oxygen atoms in total. The molecule has 0 bridgehead atoms. The number of nitrogens with one attached hydrogen (secondary N) is 1. The molecule has 2 aromatic carbocycles. The van der Waals surface area contributed by atoms with E-state index < -0.39 is 10.0 Å². The number of anilines is 2. The molecule has 1 saturated carbocycles. The van der Waals surface area contributed by atoms with E-state index in [1.165, 1.54) is 17.7 Å². The molecule has 2 aliphatic rings. The Balaban J connectivity index is 1.33. The average molecular weight is 512 g/mol. The average Bonchev–Trinajstić information content (AvgIpc) is 3.44. The van der Waals surface area contributed by atoms with Crippen molar-refractivity contribution < 1.29 is 13.2 Å². The Bertz CT molecular complexity index is 1390. The van der Waals surface area contributed by atoms with Crippen LogP contribution in [0.15, 0.2) is 58.8 Å². The zero-order valence-electron chi connectivity index (χ0n) is 18.2. The summed E-state index contributed by atoms with van der Waals surface area (Å²) >= 11 is 7.33. The van der Waals surface area contributed by atoms with Crippen LogP contribution in [0.5, 0.6) is 0 Å². The van der Waals surface area contributed by atoms with Crippen molar-refractivity contribution in [2.24, 2.45) is 0 Å². The van der Waals surface area contributed by atoms with Gasteiger partial charge in [0.25, 0.3) is 10.0 Å². The minimum absolute atomic E-state index is 0.0948. The van der Waals surface area contributed by atoms with Gasteiger partial charge >= 0.3 is 0 Å². The third-order valence-corrected chi connectivity index (χ3v) is 9.14. The van der Waals surface area contributed by atoms with Gasteiger partial charge in [-0.1, -0.05) is 23.7 Å². The molecule has 1 aliphatic carbocycles. The molecule has 1 N–H and O–H groups in total. The standard InChI is InChI=1S/C25H22ClN3O3S2/c26-19-5-9-22-17(14-19)2-1-12-29(22)23-10-8-21(24(23)30)16-3-6-20(7-4-16)34(31,32)28-25-18(15-27)11-13-33-25/h3-7,9,11,13-14,21,23,28H,1-2,8,10,12H2/t21?,23-/m1/s1. The fourth-order valence-corrected chi connectivity index (χ4v) is 7.20. The third kappa shape index (κ3) is 4.20. The van der Waals surface area contributed by atoms with Crippen LogP contribution in [-0.4, -0.2) is 26.8 Å². The summed E-state index contributed by atoms with van der Waals surface area (Å²) in [6, 6.07) is 15.7. The number of benzene rings is 2. The first-order valence-corrected chi connectivity index (χ1v) is 13.8. The lowest BCUT2D eigenvalue weighted by atomic mass is 9.95. The third-order valence-electron chi connectivity index (χ3n) is 6.58. The van der Waals surface area contributed by atoms with Crippen molar-refractivity contribution in [3.05, 3.63) is 75.6 Å². The highest BCUT2D eigenvalue weighted by Gasteiger charge is 2.40. The summed E-state index contributed by atoms with van der Waals surface area (Å²) in [6.45, 7) is 0.841. The topological polar surface area (TPSA) is 90.3 Å². The molecule has 0 radical (unpaired) electrons. The number of nitriles is 1. The highest BCUT2D eigenvalue weighted by atomic mass is 35.5. The second kappa shape index (κ2) is 9.06. The molecule has 174 valence electrons. The van der Waals surface area contributed by atoms with Gasteiger partial charge in [-0.05, 0) is 78.6 Å². The first-order valence-electron chi connectivity index (χ1n) is 11.1. The fraction of sp³-hybridized carbons (Fsp3) is 0.280. The van der Waals surface area contributed by atoms with Gasteiger partial charge in [-0.15, -0.1) is 11.3 Å². The molecule has 5 rings (SSSR count). The van der Waals surface area contributed by atoms with Gasteiger partial charge in [-0.3, -0.25) is 9.52 Å². The number of carbonyl (C=O) groups excluding carboxylic acids is 1. The Labute approximate surface area is 207 Å². The summed E-state index contributed by atoms with van der Waals surface area (Å²) < 4.78 is 28.0. The van der Waals surface area contributed by atoms with Crippen LogP contribution in [0.25, 0.3) is 0 Å². The smallest absolute Gasteiger partial charge is 0.262 e. The predicted octanol–water partition coefficient (Wildman–Crippen LogP) is 5.34. The van der Waals surface area contributed by atoms with E-state index in [0.717, 1.165) is 54.8 Å². The molecule has 1 aromatic heterocycles. The minimum atomic E-state index is -3.83. The minimum Gasteiger partial charge on any atom is -0.361 e. The van der Waals surface area contributed by atoms with Crippen molar-refractivity contribution in [1.82, 2.24) is 0 Å². The second-order valence-electron chi connectivity index (χ2n) is 8.57. The van der Waals surface area contributed by atoms with Crippen LogP contribution in [0.4, 0.5) is 10.7 Å². The highest BCUT2D eigenvalue weighted by molar-refractivity contribution is 7.93. The van der Waals surface area contributed by atoms with Crippen molar-refractivity contribution in [1.29, 1.82) is 5.26 Å². The van der Waals surface area contributed by atoms with Gasteiger partial charge in [0.15, 0.2) is 5.78 Å². The van der Waals surface area contributed by atoms with Gasteiger partial charge in [-0.2, -0.15) is 5.26 Å². The maximum absolute atomic E-state index is 13.4. The largest absolute Gasteiger partial charge is 0.361 e. The van der Waals surface area contributed by atoms with Gasteiger partial charge in [-0.25, -0.2) is 8.42 Å². The van der Waals surface area contributed by atoms with Crippen LogP contribution < -0.4 is 9.62 Å². The van der Waals surface area contributed by atoms with Crippen LogP contribution in [0.1, 0.15) is 41.9 Å². The number of hydrogen-bond donors (Lipinski definition) is 1. The molecule has 0 spiro atoms. The lowest BCUT2D eigenvalue weighted by Crippen LogP contribution is -2.42. The number of carbonyl (C=O) groups is 1. The normalized spacial score (nSPS) is 20.1. The predicted molar refractivity (Wildman–Crippen MR) is 134 cm³/mol. The van der Waals surface area contributed by atoms with E-state index in [1.807, 2.05) is 24.3 Å². The van der Waals surface area contributed by atoms with Crippen molar-refractivity contribution >= 4 is 49.4 Å². The molecular formula is C25H22ClN3O3S2. The number of sulfonamides is 1. The molecular weight excluding hydrogens is 490 g/mol. The number of ketones is 1. The quantitative estimate of drug-likeness (QED) is 0.499. The zero-order chi connectivity index (χ0) is 23.9. The van der Waals surface area contributed by atoms with E-state index in [9.17, 15) is 13.2 Å². The summed E-state index contributed by atoms with van der Waals surface area (Å²) in [6.07, 6.45) is 3.44. The summed E-state index contributed by atoms with van der Waals surface area (Å²) in [7, 11) is -3.83. The number of aryl methyl sites for hydroxylation is 1. The summed E-state index contributed by atoms with van der Waals surface area (Å²) in [5, 5.41) is 11.8. The monoisotopic (exact) mass is 511 g/mol. The lowest BCUT2D eigenvalue weighted by molar-refractivity contribution is -0.119. The Morgan fingerprint density at radius 2 is 1.91 bits per heavy atom. The fourth-order valence-electron chi connectivity index (χ4n) is 4.94. The Kier molecular flexibility index (Phi) is 6.11. The number of halogens is 1. The molecule has 0 saturated heterocycles. The van der Waals surface area contributed by atoms with Gasteiger partial charge in [0.05, 0.1) is 16.5 Å². The molecule has 9 heteroatoms. The van der Waals surface area contributed by atoms with Crippen LogP contribution >= 0.6 is 22.9 Å².